The Balaban J connectivity index is 1.97. The second-order valence-corrected chi connectivity index (χ2v) is 4.85. The van der Waals surface area contributed by atoms with Crippen LogP contribution in [0.1, 0.15) is 23.2 Å². The molecule has 1 N–H and O–H groups in total. The molecule has 94 valence electrons. The highest BCUT2D eigenvalue weighted by Gasteiger charge is 2.14. The summed E-state index contributed by atoms with van der Waals surface area (Å²) in [5.74, 6) is 0.657. The molecular formula is C13H13BrN2O2. The van der Waals surface area contributed by atoms with Gasteiger partial charge in [0.15, 0.2) is 0 Å². The van der Waals surface area contributed by atoms with Gasteiger partial charge in [-0.15, -0.1) is 0 Å². The predicted octanol–water partition coefficient (Wildman–Crippen LogP) is 2.80. The van der Waals surface area contributed by atoms with Crippen LogP contribution in [0, 0.1) is 0 Å². The first-order valence-corrected chi connectivity index (χ1v) is 6.40. The summed E-state index contributed by atoms with van der Waals surface area (Å²) in [5, 5.41) is 2.88. The summed E-state index contributed by atoms with van der Waals surface area (Å²) >= 11 is 3.31. The normalized spacial score (nSPS) is 12.1. The van der Waals surface area contributed by atoms with Crippen molar-refractivity contribution >= 4 is 21.8 Å². The van der Waals surface area contributed by atoms with E-state index in [1.165, 1.54) is 0 Å². The van der Waals surface area contributed by atoms with Gasteiger partial charge in [-0.2, -0.15) is 0 Å². The number of rotatable bonds is 4. The Bertz CT molecular complexity index is 526. The second kappa shape index (κ2) is 5.82. The summed E-state index contributed by atoms with van der Waals surface area (Å²) in [6.45, 7) is 1.93. The number of aromatic nitrogens is 1. The minimum atomic E-state index is -0.193. The first kappa shape index (κ1) is 12.8. The Morgan fingerprint density at radius 3 is 3.00 bits per heavy atom. The number of carbonyl (C=O) groups excluding carboxylic acids is 1. The fourth-order valence-corrected chi connectivity index (χ4v) is 2.06. The van der Waals surface area contributed by atoms with Gasteiger partial charge in [0.2, 0.25) is 0 Å². The predicted molar refractivity (Wildman–Crippen MR) is 71.3 cm³/mol. The molecule has 2 aromatic rings. The minimum absolute atomic E-state index is 0.0162. The molecule has 0 fully saturated rings. The molecule has 0 aliphatic carbocycles. The van der Waals surface area contributed by atoms with E-state index in [9.17, 15) is 4.79 Å². The maximum absolute atomic E-state index is 12.0. The van der Waals surface area contributed by atoms with Gasteiger partial charge in [0.05, 0.1) is 6.26 Å². The number of hydrogen-bond donors (Lipinski definition) is 1. The molecule has 0 saturated carbocycles. The third-order valence-electron chi connectivity index (χ3n) is 2.44. The summed E-state index contributed by atoms with van der Waals surface area (Å²) in [6, 6.07) is 7.27. The van der Waals surface area contributed by atoms with Crippen molar-refractivity contribution in [3.8, 4) is 0 Å². The summed E-state index contributed by atoms with van der Waals surface area (Å²) in [4.78, 5) is 16.0. The molecule has 1 atom stereocenters. The lowest BCUT2D eigenvalue weighted by molar-refractivity contribution is 0.0933. The van der Waals surface area contributed by atoms with E-state index in [4.69, 9.17) is 4.42 Å². The summed E-state index contributed by atoms with van der Waals surface area (Å²) < 4.78 is 5.93. The third kappa shape index (κ3) is 3.20. The molecule has 0 aromatic carbocycles. The average Bonchev–Trinajstić information content (AvgIpc) is 2.82. The van der Waals surface area contributed by atoms with Crippen LogP contribution in [0.5, 0.6) is 0 Å². The van der Waals surface area contributed by atoms with E-state index in [2.05, 4.69) is 26.2 Å². The van der Waals surface area contributed by atoms with Crippen LogP contribution in [0.25, 0.3) is 0 Å². The number of amides is 1. The zero-order chi connectivity index (χ0) is 13.0. The fourth-order valence-electron chi connectivity index (χ4n) is 1.63. The molecule has 0 radical (unpaired) electrons. The lowest BCUT2D eigenvalue weighted by Crippen LogP contribution is -2.34. The molecule has 0 bridgehead atoms. The number of carbonyl (C=O) groups is 1. The maximum Gasteiger partial charge on any atom is 0.271 e. The number of nitrogens with one attached hydrogen (secondary N) is 1. The fraction of sp³-hybridized carbons (Fsp3) is 0.231. The Hall–Kier alpha value is -1.62. The lowest BCUT2D eigenvalue weighted by atomic mass is 10.2. The van der Waals surface area contributed by atoms with E-state index in [1.54, 1.807) is 24.6 Å². The van der Waals surface area contributed by atoms with Crippen LogP contribution in [0.3, 0.4) is 0 Å². The second-order valence-electron chi connectivity index (χ2n) is 3.99. The first-order chi connectivity index (χ1) is 8.66. The van der Waals surface area contributed by atoms with Crippen LogP contribution in [-0.2, 0) is 6.42 Å². The van der Waals surface area contributed by atoms with Crippen molar-refractivity contribution in [2.75, 3.05) is 0 Å². The molecule has 2 rings (SSSR count). The van der Waals surface area contributed by atoms with Gasteiger partial charge >= 0.3 is 0 Å². The van der Waals surface area contributed by atoms with E-state index < -0.39 is 0 Å². The topological polar surface area (TPSA) is 55.1 Å². The van der Waals surface area contributed by atoms with Crippen molar-refractivity contribution in [2.24, 2.45) is 0 Å². The summed E-state index contributed by atoms with van der Waals surface area (Å²) in [5.41, 5.74) is 0.392. The van der Waals surface area contributed by atoms with E-state index in [0.717, 1.165) is 5.76 Å². The van der Waals surface area contributed by atoms with Crippen LogP contribution in [0.4, 0.5) is 0 Å². The molecule has 0 spiro atoms. The monoisotopic (exact) mass is 308 g/mol. The third-order valence-corrected chi connectivity index (χ3v) is 3.08. The summed E-state index contributed by atoms with van der Waals surface area (Å²) in [6.07, 6.45) is 3.87. The van der Waals surface area contributed by atoms with Gasteiger partial charge in [-0.25, -0.2) is 4.98 Å². The average molecular weight is 309 g/mol. The SMILES string of the molecule is CC(Cc1ccco1)NC(=O)c1ncccc1Br. The van der Waals surface area contributed by atoms with Crippen LogP contribution < -0.4 is 5.32 Å². The number of hydrogen-bond acceptors (Lipinski definition) is 3. The van der Waals surface area contributed by atoms with Crippen LogP contribution >= 0.6 is 15.9 Å². The standard InChI is InChI=1S/C13H13BrN2O2/c1-9(8-10-4-3-7-18-10)16-13(17)12-11(14)5-2-6-15-12/h2-7,9H,8H2,1H3,(H,16,17). The molecule has 0 saturated heterocycles. The highest BCUT2D eigenvalue weighted by atomic mass is 79.9. The van der Waals surface area contributed by atoms with Gasteiger partial charge in [-0.1, -0.05) is 0 Å². The van der Waals surface area contributed by atoms with Crippen molar-refractivity contribution < 1.29 is 9.21 Å². The molecule has 4 nitrogen and oxygen atoms in total. The van der Waals surface area contributed by atoms with E-state index in [0.29, 0.717) is 16.6 Å². The van der Waals surface area contributed by atoms with Crippen molar-refractivity contribution in [1.82, 2.24) is 10.3 Å². The molecule has 0 aliphatic heterocycles. The zero-order valence-corrected chi connectivity index (χ0v) is 11.5. The van der Waals surface area contributed by atoms with Crippen molar-refractivity contribution in [2.45, 2.75) is 19.4 Å². The van der Waals surface area contributed by atoms with E-state index in [-0.39, 0.29) is 11.9 Å². The molecule has 1 amide bonds. The largest absolute Gasteiger partial charge is 0.469 e. The Kier molecular flexibility index (Phi) is 4.15. The molecule has 5 heteroatoms. The lowest BCUT2D eigenvalue weighted by Gasteiger charge is -2.12. The van der Waals surface area contributed by atoms with Crippen LogP contribution in [-0.4, -0.2) is 16.9 Å². The molecule has 2 aromatic heterocycles. The smallest absolute Gasteiger partial charge is 0.271 e. The molecular weight excluding hydrogens is 296 g/mol. The van der Waals surface area contributed by atoms with Gasteiger partial charge in [-0.05, 0) is 47.1 Å². The highest BCUT2D eigenvalue weighted by Crippen LogP contribution is 2.13. The van der Waals surface area contributed by atoms with E-state index >= 15 is 0 Å². The van der Waals surface area contributed by atoms with Gasteiger partial charge in [0.25, 0.3) is 5.91 Å². The van der Waals surface area contributed by atoms with Crippen LogP contribution in [0.15, 0.2) is 45.6 Å². The quantitative estimate of drug-likeness (QED) is 0.945. The van der Waals surface area contributed by atoms with E-state index in [1.807, 2.05) is 19.1 Å². The first-order valence-electron chi connectivity index (χ1n) is 5.60. The Morgan fingerprint density at radius 1 is 1.50 bits per heavy atom. The summed E-state index contributed by atoms with van der Waals surface area (Å²) in [7, 11) is 0. The number of nitrogens with zero attached hydrogens (tertiary/aromatic N) is 1. The molecule has 0 aliphatic rings. The zero-order valence-electron chi connectivity index (χ0n) is 9.89. The molecule has 18 heavy (non-hydrogen) atoms. The van der Waals surface area contributed by atoms with Crippen LogP contribution in [0.2, 0.25) is 0 Å². The number of pyridine rings is 1. The van der Waals surface area contributed by atoms with Gasteiger partial charge < -0.3 is 9.73 Å². The number of halogens is 1. The minimum Gasteiger partial charge on any atom is -0.469 e. The van der Waals surface area contributed by atoms with Crippen molar-refractivity contribution in [3.63, 3.8) is 0 Å². The molecule has 1 unspecified atom stereocenters. The highest BCUT2D eigenvalue weighted by molar-refractivity contribution is 9.10. The van der Waals surface area contributed by atoms with Crippen molar-refractivity contribution in [3.05, 3.63) is 52.7 Å². The van der Waals surface area contributed by atoms with Crippen molar-refractivity contribution in [1.29, 1.82) is 0 Å². The van der Waals surface area contributed by atoms with Gasteiger partial charge in [0.1, 0.15) is 11.5 Å². The maximum atomic E-state index is 12.0. The number of furan rings is 1. The van der Waals surface area contributed by atoms with Gasteiger partial charge in [-0.3, -0.25) is 4.79 Å². The Morgan fingerprint density at radius 2 is 2.33 bits per heavy atom. The molecule has 2 heterocycles. The van der Waals surface area contributed by atoms with Gasteiger partial charge in [0, 0.05) is 23.1 Å². The Labute approximate surface area is 114 Å².